The molecule has 0 spiro atoms. The van der Waals surface area contributed by atoms with Crippen LogP contribution in [0.4, 0.5) is 17.1 Å². The van der Waals surface area contributed by atoms with Crippen molar-refractivity contribution in [2.75, 3.05) is 42.4 Å². The Hall–Kier alpha value is -3.91. The van der Waals surface area contributed by atoms with Crippen molar-refractivity contribution < 1.29 is 82.1 Å². The van der Waals surface area contributed by atoms with E-state index in [9.17, 15) is 46.7 Å². The summed E-state index contributed by atoms with van der Waals surface area (Å²) in [7, 11) is -10.6. The largest absolute Gasteiger partial charge is 0.872 e. The molecule has 26 heteroatoms. The van der Waals surface area contributed by atoms with Gasteiger partial charge in [0, 0.05) is 27.8 Å². The van der Waals surface area contributed by atoms with Crippen LogP contribution >= 0.6 is 24.6 Å². The second kappa shape index (κ2) is 15.8. The smallest absolute Gasteiger partial charge is 0.217 e. The average molecular weight is 855 g/mol. The molecule has 0 aromatic heterocycles. The summed E-state index contributed by atoms with van der Waals surface area (Å²) >= 11 is 0.500. The van der Waals surface area contributed by atoms with E-state index in [0.717, 1.165) is 0 Å². The molecule has 2 heterocycles. The molecule has 1 aliphatic carbocycles. The molecule has 300 valence electrons. The van der Waals surface area contributed by atoms with Crippen molar-refractivity contribution in [2.45, 2.75) is 17.4 Å². The molecule has 0 amide bonds. The lowest BCUT2D eigenvalue weighted by atomic mass is 9.78. The third kappa shape index (κ3) is 8.10. The van der Waals surface area contributed by atoms with Gasteiger partial charge in [-0.15, -0.1) is 14.4 Å². The third-order valence-electron chi connectivity index (χ3n) is 8.81. The van der Waals surface area contributed by atoms with E-state index in [1.807, 2.05) is 0 Å². The van der Waals surface area contributed by atoms with E-state index in [0.29, 0.717) is 38.5 Å². The molecule has 0 bridgehead atoms. The van der Waals surface area contributed by atoms with Crippen LogP contribution in [0.15, 0.2) is 71.4 Å². The minimum atomic E-state index is -5.29. The number of hydrogen-bond donors (Lipinski definition) is 3. The van der Waals surface area contributed by atoms with Gasteiger partial charge in [0.05, 0.1) is 5.36 Å². The predicted octanol–water partition coefficient (Wildman–Crippen LogP) is -2.51. The van der Waals surface area contributed by atoms with Crippen LogP contribution < -0.4 is 47.3 Å². The molecule has 0 radical (unpaired) electrons. The van der Waals surface area contributed by atoms with Crippen molar-refractivity contribution in [3.63, 3.8) is 0 Å². The Balaban J connectivity index is 1.28. The fourth-order valence-corrected chi connectivity index (χ4v) is 8.02. The van der Waals surface area contributed by atoms with Gasteiger partial charge < -0.3 is 45.8 Å². The fraction of sp³-hybridized carbons (Fsp3) is 0.233. The zero-order valence-corrected chi connectivity index (χ0v) is 30.9. The Labute approximate surface area is 323 Å². The molecule has 3 aliphatic rings. The first kappa shape index (κ1) is 40.3. The Kier molecular flexibility index (Phi) is 11.4. The summed E-state index contributed by atoms with van der Waals surface area (Å²) in [6, 6.07) is 15.9. The summed E-state index contributed by atoms with van der Waals surface area (Å²) in [5.41, 5.74) is -1.80. The number of rotatable bonds is 17. The zero-order valence-electron chi connectivity index (χ0n) is 27.6. The van der Waals surface area contributed by atoms with Gasteiger partial charge in [0.2, 0.25) is 20.8 Å². The van der Waals surface area contributed by atoms with Gasteiger partial charge in [-0.05, 0) is 45.8 Å². The fourth-order valence-electron chi connectivity index (χ4n) is 6.72. The molecular weight excluding hydrogens is 833 g/mol. The maximum Gasteiger partial charge on any atom is 0.217 e. The van der Waals surface area contributed by atoms with Crippen LogP contribution in [0.3, 0.4) is 0 Å². The molecule has 1 unspecified atom stereocenters. The summed E-state index contributed by atoms with van der Waals surface area (Å²) in [6.45, 7) is -2.55. The topological polar surface area (TPSA) is 329 Å². The van der Waals surface area contributed by atoms with Crippen molar-refractivity contribution in [3.05, 3.63) is 82.6 Å². The van der Waals surface area contributed by atoms with Crippen LogP contribution in [0, 0.1) is 0 Å². The number of benzene rings is 4. The van der Waals surface area contributed by atoms with Crippen LogP contribution in [-0.2, 0) is 56.3 Å². The lowest BCUT2D eigenvalue weighted by molar-refractivity contribution is -0.777. The van der Waals surface area contributed by atoms with Gasteiger partial charge in [-0.2, -0.15) is 0 Å². The molecule has 3 N–H and O–H groups in total. The standard InChI is InChI=1S/C30H27N4O18S4/c35-27-25(17-7-9-21-23-15(17)3-1-5-19(23)31-29(33-21,11-45-53-51-49-37)12-46-54-52-50-38)28(36)26(27)18-8-10-22-24-16(18)4-2-6-20(24)32-30(34-22,13-47-55(39,40)41)14-48-56(42,43)44/h1-10,27,31-33,36-38H,11-14H2,(H,39,40,41)(H,42,43,44)/q-1/p-5/b26-18+. The molecule has 56 heavy (non-hydrogen) atoms. The van der Waals surface area contributed by atoms with E-state index in [-0.39, 0.29) is 65.3 Å². The highest BCUT2D eigenvalue weighted by Gasteiger charge is 2.38. The number of hydrogen-bond acceptors (Lipinski definition) is 24. The predicted molar refractivity (Wildman–Crippen MR) is 182 cm³/mol. The Morgan fingerprint density at radius 3 is 1.84 bits per heavy atom. The molecule has 0 saturated carbocycles. The molecule has 4 aromatic rings. The highest BCUT2D eigenvalue weighted by molar-refractivity contribution is 7.90. The maximum atomic E-state index is 14.1. The summed E-state index contributed by atoms with van der Waals surface area (Å²) in [4.78, 5) is 4.35. The van der Waals surface area contributed by atoms with E-state index in [1.165, 1.54) is 24.3 Å². The van der Waals surface area contributed by atoms with E-state index in [1.54, 1.807) is 36.4 Å². The molecule has 7 rings (SSSR count). The summed E-state index contributed by atoms with van der Waals surface area (Å²) in [5, 5.41) is 66.5. The quantitative estimate of drug-likeness (QED) is 0.0247. The first-order valence-electron chi connectivity index (χ1n) is 15.5. The SMILES string of the molecule is O=S(=O)([O-])OCC1(COS(=O)(=O)[O-])N=c2cc/c(=C3\C([O-])=C(c4ccc5c6c(cccc46)NC(COSOO[O-])(COSOO[O-])N5)C3[O-])c3cccc(c23)N1. The first-order valence-corrected chi connectivity index (χ1v) is 19.5. The third-order valence-corrected chi connectivity index (χ3v) is 10.3. The van der Waals surface area contributed by atoms with Gasteiger partial charge >= 0.3 is 0 Å². The van der Waals surface area contributed by atoms with E-state index in [4.69, 9.17) is 8.37 Å². The molecule has 0 saturated heterocycles. The van der Waals surface area contributed by atoms with E-state index in [2.05, 4.69) is 48.1 Å². The van der Waals surface area contributed by atoms with Crippen molar-refractivity contribution >= 4 is 95.2 Å². The van der Waals surface area contributed by atoms with E-state index >= 15 is 0 Å². The summed E-state index contributed by atoms with van der Waals surface area (Å²) in [5.74, 6) is -0.535. The maximum absolute atomic E-state index is 14.1. The number of nitrogens with zero attached hydrogens (tertiary/aromatic N) is 1. The van der Waals surface area contributed by atoms with Gasteiger partial charge in [-0.3, -0.25) is 31.8 Å². The summed E-state index contributed by atoms with van der Waals surface area (Å²) < 4.78 is 95.3. The molecular formula is C30H22N4O18S4-6. The van der Waals surface area contributed by atoms with Crippen molar-refractivity contribution in [2.24, 2.45) is 4.99 Å². The molecule has 4 aromatic carbocycles. The van der Waals surface area contributed by atoms with Crippen molar-refractivity contribution in [1.29, 1.82) is 0 Å². The minimum absolute atomic E-state index is 0.0150. The van der Waals surface area contributed by atoms with Crippen LogP contribution in [0.2, 0.25) is 0 Å². The number of nitrogens with one attached hydrogen (secondary N) is 3. The Bertz CT molecular complexity index is 2510. The normalized spacial score (nSPS) is 19.2. The highest BCUT2D eigenvalue weighted by Crippen LogP contribution is 2.46. The van der Waals surface area contributed by atoms with Crippen molar-refractivity contribution in [1.82, 2.24) is 0 Å². The first-order chi connectivity index (χ1) is 26.7. The second-order valence-electron chi connectivity index (χ2n) is 12.2. The summed E-state index contributed by atoms with van der Waals surface area (Å²) in [6.07, 6.45) is -1.62. The Morgan fingerprint density at radius 2 is 1.27 bits per heavy atom. The van der Waals surface area contributed by atoms with Gasteiger partial charge in [0.15, 0.2) is 36.0 Å². The van der Waals surface area contributed by atoms with Crippen LogP contribution in [0.1, 0.15) is 5.56 Å². The molecule has 1 atom stereocenters. The van der Waals surface area contributed by atoms with Crippen LogP contribution in [0.25, 0.3) is 32.7 Å². The van der Waals surface area contributed by atoms with Crippen LogP contribution in [0.5, 0.6) is 0 Å². The molecule has 22 nitrogen and oxygen atoms in total. The lowest BCUT2D eigenvalue weighted by Crippen LogP contribution is -2.55. The average Bonchev–Trinajstić information content (AvgIpc) is 3.15. The zero-order chi connectivity index (χ0) is 39.9. The van der Waals surface area contributed by atoms with Gasteiger partial charge in [0.1, 0.15) is 26.4 Å². The lowest BCUT2D eigenvalue weighted by Gasteiger charge is -2.47. The monoisotopic (exact) mass is 854 g/mol. The highest BCUT2D eigenvalue weighted by atomic mass is 32.3. The minimum Gasteiger partial charge on any atom is -0.872 e. The van der Waals surface area contributed by atoms with Gasteiger partial charge in [0.25, 0.3) is 0 Å². The molecule has 2 aliphatic heterocycles. The van der Waals surface area contributed by atoms with E-state index < -0.39 is 57.2 Å². The molecule has 0 fully saturated rings. The number of anilines is 3. The Morgan fingerprint density at radius 1 is 0.696 bits per heavy atom. The van der Waals surface area contributed by atoms with Crippen molar-refractivity contribution in [3.8, 4) is 0 Å². The van der Waals surface area contributed by atoms with Gasteiger partial charge in [-0.25, -0.2) is 16.8 Å². The van der Waals surface area contributed by atoms with Crippen LogP contribution in [-0.4, -0.2) is 69.8 Å². The van der Waals surface area contributed by atoms with Gasteiger partial charge in [-0.1, -0.05) is 53.6 Å². The second-order valence-corrected chi connectivity index (χ2v) is 15.3.